The van der Waals surface area contributed by atoms with E-state index >= 15 is 0 Å². The lowest BCUT2D eigenvalue weighted by Gasteiger charge is -2.27. The molecule has 2 N–H and O–H groups in total. The third kappa shape index (κ3) is 6.47. The Kier molecular flexibility index (Phi) is 6.26. The van der Waals surface area contributed by atoms with Gasteiger partial charge in [-0.25, -0.2) is 0 Å². The molecule has 0 aliphatic carbocycles. The van der Waals surface area contributed by atoms with E-state index in [9.17, 15) is 4.79 Å². The standard InChI is InChI=1S/C14H28N2O2/c1-14(2,3)11-13(17)12(15)5-4-6-16-7-9-18-10-8-16/h12H,4-11,15H2,1-3H3. The molecule has 1 fully saturated rings. The molecule has 1 aliphatic heterocycles. The van der Waals surface area contributed by atoms with Gasteiger partial charge in [0.2, 0.25) is 0 Å². The van der Waals surface area contributed by atoms with Gasteiger partial charge in [0.1, 0.15) is 5.78 Å². The van der Waals surface area contributed by atoms with E-state index in [4.69, 9.17) is 10.5 Å². The number of morpholine rings is 1. The minimum absolute atomic E-state index is 0.0406. The lowest BCUT2D eigenvalue weighted by atomic mass is 9.87. The maximum Gasteiger partial charge on any atom is 0.150 e. The number of rotatable bonds is 6. The summed E-state index contributed by atoms with van der Waals surface area (Å²) < 4.78 is 5.30. The fourth-order valence-corrected chi connectivity index (χ4v) is 2.17. The van der Waals surface area contributed by atoms with E-state index in [-0.39, 0.29) is 17.2 Å². The van der Waals surface area contributed by atoms with Crippen molar-refractivity contribution in [1.82, 2.24) is 4.90 Å². The van der Waals surface area contributed by atoms with Crippen molar-refractivity contribution < 1.29 is 9.53 Å². The number of ether oxygens (including phenoxy) is 1. The largest absolute Gasteiger partial charge is 0.379 e. The molecule has 106 valence electrons. The molecule has 0 radical (unpaired) electrons. The van der Waals surface area contributed by atoms with Crippen molar-refractivity contribution in [2.24, 2.45) is 11.1 Å². The molecule has 1 rings (SSSR count). The fourth-order valence-electron chi connectivity index (χ4n) is 2.17. The first-order chi connectivity index (χ1) is 8.38. The maximum atomic E-state index is 11.9. The number of nitrogens with zero attached hydrogens (tertiary/aromatic N) is 1. The van der Waals surface area contributed by atoms with Crippen LogP contribution < -0.4 is 5.73 Å². The molecule has 4 heteroatoms. The molecule has 0 aromatic rings. The van der Waals surface area contributed by atoms with E-state index in [2.05, 4.69) is 25.7 Å². The molecule has 0 bridgehead atoms. The first-order valence-corrected chi connectivity index (χ1v) is 6.97. The van der Waals surface area contributed by atoms with Crippen molar-refractivity contribution in [2.45, 2.75) is 46.1 Å². The van der Waals surface area contributed by atoms with Gasteiger partial charge in [-0.05, 0) is 24.8 Å². The van der Waals surface area contributed by atoms with Crippen molar-refractivity contribution in [3.05, 3.63) is 0 Å². The zero-order chi connectivity index (χ0) is 13.6. The van der Waals surface area contributed by atoms with Crippen LogP contribution in [0.4, 0.5) is 0 Å². The zero-order valence-electron chi connectivity index (χ0n) is 12.1. The summed E-state index contributed by atoms with van der Waals surface area (Å²) >= 11 is 0. The number of hydrogen-bond donors (Lipinski definition) is 1. The Hall–Kier alpha value is -0.450. The van der Waals surface area contributed by atoms with Crippen LogP contribution in [0.15, 0.2) is 0 Å². The zero-order valence-corrected chi connectivity index (χ0v) is 12.1. The van der Waals surface area contributed by atoms with Crippen LogP contribution in [-0.4, -0.2) is 49.6 Å². The van der Waals surface area contributed by atoms with Crippen molar-refractivity contribution in [3.63, 3.8) is 0 Å². The van der Waals surface area contributed by atoms with Crippen LogP contribution in [0.5, 0.6) is 0 Å². The van der Waals surface area contributed by atoms with Gasteiger partial charge in [-0.2, -0.15) is 0 Å². The minimum Gasteiger partial charge on any atom is -0.379 e. The summed E-state index contributed by atoms with van der Waals surface area (Å²) in [6.45, 7) is 10.9. The normalized spacial score (nSPS) is 19.8. The quantitative estimate of drug-likeness (QED) is 0.781. The van der Waals surface area contributed by atoms with Crippen LogP contribution in [0, 0.1) is 5.41 Å². The van der Waals surface area contributed by atoms with E-state index in [0.717, 1.165) is 45.7 Å². The molecule has 0 amide bonds. The van der Waals surface area contributed by atoms with Gasteiger partial charge in [0.05, 0.1) is 19.3 Å². The Morgan fingerprint density at radius 3 is 2.50 bits per heavy atom. The van der Waals surface area contributed by atoms with Gasteiger partial charge in [0.15, 0.2) is 0 Å². The van der Waals surface area contributed by atoms with Gasteiger partial charge in [0, 0.05) is 19.5 Å². The average molecular weight is 256 g/mol. The topological polar surface area (TPSA) is 55.6 Å². The molecule has 4 nitrogen and oxygen atoms in total. The van der Waals surface area contributed by atoms with Crippen LogP contribution in [0.3, 0.4) is 0 Å². The van der Waals surface area contributed by atoms with Crippen LogP contribution in [-0.2, 0) is 9.53 Å². The van der Waals surface area contributed by atoms with Gasteiger partial charge in [-0.15, -0.1) is 0 Å². The molecule has 0 saturated carbocycles. The fraction of sp³-hybridized carbons (Fsp3) is 0.929. The highest BCUT2D eigenvalue weighted by molar-refractivity contribution is 5.84. The molecule has 0 aromatic carbocycles. The Morgan fingerprint density at radius 2 is 1.94 bits per heavy atom. The molecule has 0 spiro atoms. The van der Waals surface area contributed by atoms with Crippen LogP contribution in [0.1, 0.15) is 40.0 Å². The Morgan fingerprint density at radius 1 is 1.33 bits per heavy atom. The molecule has 1 aliphatic rings. The first kappa shape index (κ1) is 15.6. The van der Waals surface area contributed by atoms with E-state index in [1.165, 1.54) is 0 Å². The number of carbonyl (C=O) groups excluding carboxylic acids is 1. The first-order valence-electron chi connectivity index (χ1n) is 6.97. The van der Waals surface area contributed by atoms with Crippen LogP contribution >= 0.6 is 0 Å². The summed E-state index contributed by atoms with van der Waals surface area (Å²) in [7, 11) is 0. The molecule has 1 saturated heterocycles. The van der Waals surface area contributed by atoms with Gasteiger partial charge in [-0.3, -0.25) is 9.69 Å². The third-order valence-electron chi connectivity index (χ3n) is 3.21. The predicted octanol–water partition coefficient (Wildman–Crippen LogP) is 1.43. The van der Waals surface area contributed by atoms with Crippen molar-refractivity contribution in [1.29, 1.82) is 0 Å². The van der Waals surface area contributed by atoms with Crippen LogP contribution in [0.25, 0.3) is 0 Å². The van der Waals surface area contributed by atoms with Crippen molar-refractivity contribution in [3.8, 4) is 0 Å². The summed E-state index contributed by atoms with van der Waals surface area (Å²) in [6.07, 6.45) is 2.37. The van der Waals surface area contributed by atoms with Crippen molar-refractivity contribution >= 4 is 5.78 Å². The van der Waals surface area contributed by atoms with E-state index in [1.807, 2.05) is 0 Å². The van der Waals surface area contributed by atoms with Gasteiger partial charge in [-0.1, -0.05) is 20.8 Å². The lowest BCUT2D eigenvalue weighted by molar-refractivity contribution is -0.122. The monoisotopic (exact) mass is 256 g/mol. The predicted molar refractivity (Wildman–Crippen MR) is 73.5 cm³/mol. The van der Waals surface area contributed by atoms with Gasteiger partial charge >= 0.3 is 0 Å². The second-order valence-corrected chi connectivity index (χ2v) is 6.41. The van der Waals surface area contributed by atoms with E-state index in [0.29, 0.717) is 6.42 Å². The number of hydrogen-bond acceptors (Lipinski definition) is 4. The maximum absolute atomic E-state index is 11.9. The summed E-state index contributed by atoms with van der Waals surface area (Å²) in [4.78, 5) is 14.3. The third-order valence-corrected chi connectivity index (χ3v) is 3.21. The number of Topliss-reactive ketones (excluding diaryl/α,β-unsaturated/α-hetero) is 1. The summed E-state index contributed by atoms with van der Waals surface area (Å²) in [5.74, 6) is 0.199. The van der Waals surface area contributed by atoms with E-state index in [1.54, 1.807) is 0 Å². The highest BCUT2D eigenvalue weighted by atomic mass is 16.5. The van der Waals surface area contributed by atoms with Crippen LogP contribution in [0.2, 0.25) is 0 Å². The number of nitrogens with two attached hydrogens (primary N) is 1. The molecule has 1 unspecified atom stereocenters. The highest BCUT2D eigenvalue weighted by Gasteiger charge is 2.21. The van der Waals surface area contributed by atoms with Crippen molar-refractivity contribution in [2.75, 3.05) is 32.8 Å². The summed E-state index contributed by atoms with van der Waals surface area (Å²) in [5.41, 5.74) is 5.99. The molecule has 1 atom stereocenters. The average Bonchev–Trinajstić information content (AvgIpc) is 2.28. The second-order valence-electron chi connectivity index (χ2n) is 6.41. The minimum atomic E-state index is -0.287. The molecule has 0 aromatic heterocycles. The Labute approximate surface area is 111 Å². The smallest absolute Gasteiger partial charge is 0.150 e. The number of carbonyl (C=O) groups is 1. The summed E-state index contributed by atoms with van der Waals surface area (Å²) in [5, 5.41) is 0. The van der Waals surface area contributed by atoms with Gasteiger partial charge in [0.25, 0.3) is 0 Å². The Bertz CT molecular complexity index is 255. The van der Waals surface area contributed by atoms with Gasteiger partial charge < -0.3 is 10.5 Å². The molecular formula is C14H28N2O2. The molecule has 18 heavy (non-hydrogen) atoms. The summed E-state index contributed by atoms with van der Waals surface area (Å²) in [6, 6.07) is -0.287. The second kappa shape index (κ2) is 7.22. The highest BCUT2D eigenvalue weighted by Crippen LogP contribution is 2.20. The lowest BCUT2D eigenvalue weighted by Crippen LogP contribution is -2.38. The molecule has 1 heterocycles. The number of ketones is 1. The SMILES string of the molecule is CC(C)(C)CC(=O)C(N)CCCN1CCOCC1. The molecular weight excluding hydrogens is 228 g/mol. The Balaban J connectivity index is 2.15. The van der Waals surface area contributed by atoms with E-state index < -0.39 is 0 Å².